The van der Waals surface area contributed by atoms with E-state index in [1.54, 1.807) is 6.07 Å². The molecule has 1 atom stereocenters. The van der Waals surface area contributed by atoms with Gasteiger partial charge in [-0.15, -0.1) is 11.6 Å². The number of ether oxygens (including phenoxy) is 1. The normalized spacial score (nSPS) is 23.4. The van der Waals surface area contributed by atoms with Crippen LogP contribution in [0.4, 0.5) is 4.39 Å². The zero-order valence-electron chi connectivity index (χ0n) is 10.4. The molecule has 0 saturated carbocycles. The molecule has 1 aromatic carbocycles. The lowest BCUT2D eigenvalue weighted by molar-refractivity contribution is 0.162. The summed E-state index contributed by atoms with van der Waals surface area (Å²) in [5.41, 5.74) is 1.31. The van der Waals surface area contributed by atoms with Gasteiger partial charge in [0.2, 0.25) is 0 Å². The van der Waals surface area contributed by atoms with Crippen molar-refractivity contribution in [3.05, 3.63) is 28.2 Å². The highest BCUT2D eigenvalue weighted by Crippen LogP contribution is 2.34. The number of nitrogens with zero attached hydrogens (tertiary/aromatic N) is 2. The van der Waals surface area contributed by atoms with Crippen LogP contribution in [0.3, 0.4) is 0 Å². The zero-order valence-corrected chi connectivity index (χ0v) is 12.8. The monoisotopic (exact) mass is 346 g/mol. The topological polar surface area (TPSA) is 27.1 Å². The molecule has 1 unspecified atom stereocenters. The zero-order chi connectivity index (χ0) is 13.6. The van der Waals surface area contributed by atoms with Crippen LogP contribution in [-0.2, 0) is 16.2 Å². The summed E-state index contributed by atoms with van der Waals surface area (Å²) in [6, 6.07) is 3.20. The van der Waals surface area contributed by atoms with Crippen molar-refractivity contribution in [1.29, 1.82) is 0 Å². The van der Waals surface area contributed by atoms with Crippen LogP contribution in [0, 0.1) is 5.82 Å². The molecule has 0 N–H and O–H groups in total. The van der Waals surface area contributed by atoms with Gasteiger partial charge in [-0.3, -0.25) is 0 Å². The predicted molar refractivity (Wildman–Crippen MR) is 76.0 cm³/mol. The van der Waals surface area contributed by atoms with Gasteiger partial charge in [0.25, 0.3) is 0 Å². The molecule has 3 rings (SSSR count). The molecule has 1 fully saturated rings. The molecule has 0 bridgehead atoms. The molecule has 0 amide bonds. The maximum absolute atomic E-state index is 13.8. The number of benzene rings is 1. The third-order valence-electron chi connectivity index (χ3n) is 3.62. The summed E-state index contributed by atoms with van der Waals surface area (Å²) in [7, 11) is 0. The molecular formula is C13H13BrClFN2O. The highest BCUT2D eigenvalue weighted by Gasteiger charge is 2.35. The van der Waals surface area contributed by atoms with Crippen LogP contribution in [0.25, 0.3) is 11.0 Å². The Morgan fingerprint density at radius 1 is 1.58 bits per heavy atom. The lowest BCUT2D eigenvalue weighted by Crippen LogP contribution is -2.31. The highest BCUT2D eigenvalue weighted by atomic mass is 79.9. The Morgan fingerprint density at radius 3 is 3.00 bits per heavy atom. The van der Waals surface area contributed by atoms with Crippen LogP contribution in [0.2, 0.25) is 0 Å². The average molecular weight is 348 g/mol. The van der Waals surface area contributed by atoms with E-state index >= 15 is 0 Å². The number of rotatable bonds is 2. The van der Waals surface area contributed by atoms with Gasteiger partial charge in [-0.2, -0.15) is 0 Å². The van der Waals surface area contributed by atoms with Crippen LogP contribution in [0.1, 0.15) is 19.2 Å². The van der Waals surface area contributed by atoms with Gasteiger partial charge in [-0.1, -0.05) is 0 Å². The van der Waals surface area contributed by atoms with E-state index in [2.05, 4.69) is 27.8 Å². The van der Waals surface area contributed by atoms with Crippen molar-refractivity contribution in [1.82, 2.24) is 9.55 Å². The minimum Gasteiger partial charge on any atom is -0.379 e. The summed E-state index contributed by atoms with van der Waals surface area (Å²) in [4.78, 5) is 4.50. The average Bonchev–Trinajstić information content (AvgIpc) is 2.94. The van der Waals surface area contributed by atoms with Crippen molar-refractivity contribution in [2.24, 2.45) is 0 Å². The second-order valence-electron chi connectivity index (χ2n) is 5.05. The minimum absolute atomic E-state index is 0.209. The van der Waals surface area contributed by atoms with Crippen molar-refractivity contribution in [2.75, 3.05) is 13.2 Å². The summed E-state index contributed by atoms with van der Waals surface area (Å²) in [6.45, 7) is 3.40. The molecule has 2 aromatic rings. The second-order valence-corrected chi connectivity index (χ2v) is 6.17. The van der Waals surface area contributed by atoms with Gasteiger partial charge in [0.1, 0.15) is 11.6 Å². The fourth-order valence-electron chi connectivity index (χ4n) is 2.65. The van der Waals surface area contributed by atoms with E-state index in [0.717, 1.165) is 23.3 Å². The van der Waals surface area contributed by atoms with E-state index in [4.69, 9.17) is 16.3 Å². The van der Waals surface area contributed by atoms with Gasteiger partial charge in [0.05, 0.1) is 33.5 Å². The van der Waals surface area contributed by atoms with Crippen LogP contribution >= 0.6 is 27.5 Å². The molecule has 6 heteroatoms. The molecule has 1 aliphatic rings. The van der Waals surface area contributed by atoms with Gasteiger partial charge < -0.3 is 9.30 Å². The van der Waals surface area contributed by atoms with Gasteiger partial charge >= 0.3 is 0 Å². The van der Waals surface area contributed by atoms with E-state index in [-0.39, 0.29) is 11.4 Å². The second kappa shape index (κ2) is 4.72. The lowest BCUT2D eigenvalue weighted by atomic mass is 10.0. The van der Waals surface area contributed by atoms with E-state index in [1.165, 1.54) is 6.07 Å². The number of hydrogen-bond acceptors (Lipinski definition) is 2. The standard InChI is InChI=1S/C13H13BrClFN2O/c1-13(2-3-19-7-13)18-11-5-9(16)8(14)4-10(11)17-12(18)6-15/h4-5H,2-3,6-7H2,1H3. The van der Waals surface area contributed by atoms with Gasteiger partial charge in [0.15, 0.2) is 0 Å². The van der Waals surface area contributed by atoms with Crippen LogP contribution < -0.4 is 0 Å². The van der Waals surface area contributed by atoms with Crippen LogP contribution in [0.15, 0.2) is 16.6 Å². The molecule has 1 aromatic heterocycles. The third-order valence-corrected chi connectivity index (χ3v) is 4.47. The largest absolute Gasteiger partial charge is 0.379 e. The molecule has 0 spiro atoms. The van der Waals surface area contributed by atoms with Crippen molar-refractivity contribution in [2.45, 2.75) is 24.8 Å². The fourth-order valence-corrected chi connectivity index (χ4v) is 3.16. The van der Waals surface area contributed by atoms with Gasteiger partial charge in [0, 0.05) is 12.7 Å². The first-order valence-corrected chi connectivity index (χ1v) is 7.38. The molecule has 3 nitrogen and oxygen atoms in total. The van der Waals surface area contributed by atoms with Gasteiger partial charge in [-0.05, 0) is 35.3 Å². The maximum atomic E-state index is 13.8. The molecular weight excluding hydrogens is 335 g/mol. The Morgan fingerprint density at radius 2 is 2.37 bits per heavy atom. The van der Waals surface area contributed by atoms with Crippen molar-refractivity contribution < 1.29 is 9.13 Å². The summed E-state index contributed by atoms with van der Waals surface area (Å²) in [5.74, 6) is 0.753. The Balaban J connectivity index is 2.29. The summed E-state index contributed by atoms with van der Waals surface area (Å²) < 4.78 is 21.7. The number of imidazole rings is 1. The smallest absolute Gasteiger partial charge is 0.139 e. The van der Waals surface area contributed by atoms with E-state index < -0.39 is 0 Å². The van der Waals surface area contributed by atoms with Gasteiger partial charge in [-0.25, -0.2) is 9.37 Å². The lowest BCUT2D eigenvalue weighted by Gasteiger charge is -2.26. The molecule has 0 radical (unpaired) electrons. The number of aromatic nitrogens is 2. The molecule has 2 heterocycles. The van der Waals surface area contributed by atoms with E-state index in [0.29, 0.717) is 23.6 Å². The summed E-state index contributed by atoms with van der Waals surface area (Å²) >= 11 is 9.18. The van der Waals surface area contributed by atoms with Crippen LogP contribution in [0.5, 0.6) is 0 Å². The third kappa shape index (κ3) is 2.08. The van der Waals surface area contributed by atoms with E-state index in [9.17, 15) is 4.39 Å². The van der Waals surface area contributed by atoms with E-state index in [1.807, 2.05) is 4.57 Å². The first kappa shape index (κ1) is 13.3. The number of fused-ring (bicyclic) bond motifs is 1. The molecule has 1 saturated heterocycles. The Bertz CT molecular complexity index is 637. The summed E-state index contributed by atoms with van der Waals surface area (Å²) in [5, 5.41) is 0. The Kier molecular flexibility index (Phi) is 3.31. The van der Waals surface area contributed by atoms with Crippen molar-refractivity contribution in [3.63, 3.8) is 0 Å². The predicted octanol–water partition coefficient (Wildman–Crippen LogP) is 3.81. The Labute approximate surface area is 123 Å². The first-order valence-electron chi connectivity index (χ1n) is 6.06. The summed E-state index contributed by atoms with van der Waals surface area (Å²) in [6.07, 6.45) is 0.875. The molecule has 1 aliphatic heterocycles. The maximum Gasteiger partial charge on any atom is 0.139 e. The quantitative estimate of drug-likeness (QED) is 0.772. The number of hydrogen-bond donors (Lipinski definition) is 0. The van der Waals surface area contributed by atoms with Crippen molar-refractivity contribution in [3.8, 4) is 0 Å². The highest BCUT2D eigenvalue weighted by molar-refractivity contribution is 9.10. The molecule has 0 aliphatic carbocycles. The Hall–Kier alpha value is -0.650. The fraction of sp³-hybridized carbons (Fsp3) is 0.462. The number of alkyl halides is 1. The first-order chi connectivity index (χ1) is 9.05. The molecule has 19 heavy (non-hydrogen) atoms. The number of halogens is 3. The SMILES string of the molecule is CC1(n2c(CCl)nc3cc(Br)c(F)cc32)CCOC1. The van der Waals surface area contributed by atoms with Crippen LogP contribution in [-0.4, -0.2) is 22.8 Å². The minimum atomic E-state index is -0.294. The molecule has 102 valence electrons. The van der Waals surface area contributed by atoms with Crippen molar-refractivity contribution >= 4 is 38.6 Å².